The van der Waals surface area contributed by atoms with Gasteiger partial charge in [0.1, 0.15) is 0 Å². The van der Waals surface area contributed by atoms with Crippen LogP contribution in [0.15, 0.2) is 249 Å². The monoisotopic (exact) mass is 845 g/mol. The van der Waals surface area contributed by atoms with Crippen LogP contribution in [0, 0.1) is 0 Å². The van der Waals surface area contributed by atoms with Crippen molar-refractivity contribution < 1.29 is 0 Å². The van der Waals surface area contributed by atoms with Crippen molar-refractivity contribution in [2.45, 2.75) is 13.8 Å². The largest absolute Gasteiger partial charge is 0.309 e. The van der Waals surface area contributed by atoms with Gasteiger partial charge in [0.25, 0.3) is 0 Å². The molecule has 12 aromatic rings. The summed E-state index contributed by atoms with van der Waals surface area (Å²) >= 11 is 0. The van der Waals surface area contributed by atoms with Crippen molar-refractivity contribution in [3.63, 3.8) is 0 Å². The molecule has 0 N–H and O–H groups in total. The third kappa shape index (κ3) is 7.47. The summed E-state index contributed by atoms with van der Waals surface area (Å²) < 4.78 is 4.81. The van der Waals surface area contributed by atoms with Crippen LogP contribution in [0.3, 0.4) is 0 Å². The fraction of sp³-hybridized carbons (Fsp3) is 0.0317. The number of nitrogens with zero attached hydrogens (tertiary/aromatic N) is 3. The molecule has 0 amide bonds. The minimum absolute atomic E-state index is 0.961. The molecule has 3 heterocycles. The summed E-state index contributed by atoms with van der Waals surface area (Å²) in [7, 11) is 0. The van der Waals surface area contributed by atoms with Gasteiger partial charge < -0.3 is 9.13 Å². The lowest BCUT2D eigenvalue weighted by molar-refractivity contribution is 1.18. The number of benzene rings is 9. The van der Waals surface area contributed by atoms with Gasteiger partial charge in [-0.1, -0.05) is 182 Å². The van der Waals surface area contributed by atoms with E-state index in [-0.39, 0.29) is 0 Å². The average Bonchev–Trinajstić information content (AvgIpc) is 3.91. The Labute approximate surface area is 385 Å². The second-order valence-electron chi connectivity index (χ2n) is 16.7. The van der Waals surface area contributed by atoms with Crippen molar-refractivity contribution in [1.29, 1.82) is 0 Å². The minimum atomic E-state index is 0.961. The zero-order valence-corrected chi connectivity index (χ0v) is 37.0. The molecular formula is C63H47N3. The number of allylic oxidation sites excluding steroid dienone is 2. The summed E-state index contributed by atoms with van der Waals surface area (Å²) in [6.07, 6.45) is 4.00. The number of hydrogen-bond donors (Lipinski definition) is 0. The van der Waals surface area contributed by atoms with E-state index in [4.69, 9.17) is 4.98 Å². The van der Waals surface area contributed by atoms with E-state index in [0.29, 0.717) is 0 Å². The van der Waals surface area contributed by atoms with Gasteiger partial charge >= 0.3 is 0 Å². The maximum atomic E-state index is 5.10. The number of hydrogen-bond acceptors (Lipinski definition) is 1. The van der Waals surface area contributed by atoms with E-state index in [1.54, 1.807) is 0 Å². The van der Waals surface area contributed by atoms with Crippen LogP contribution in [0.2, 0.25) is 0 Å². The summed E-state index contributed by atoms with van der Waals surface area (Å²) in [5, 5.41) is 4.96. The average molecular weight is 846 g/mol. The summed E-state index contributed by atoms with van der Waals surface area (Å²) in [4.78, 5) is 5.10. The second-order valence-corrected chi connectivity index (χ2v) is 16.7. The molecule has 0 unspecified atom stereocenters. The molecule has 0 fully saturated rings. The molecule has 0 atom stereocenters. The van der Waals surface area contributed by atoms with Gasteiger partial charge in [-0.05, 0) is 114 Å². The van der Waals surface area contributed by atoms with Crippen LogP contribution in [0.25, 0.3) is 111 Å². The normalized spacial score (nSPS) is 11.4. The lowest BCUT2D eigenvalue weighted by atomic mass is 9.99. The van der Waals surface area contributed by atoms with E-state index in [9.17, 15) is 0 Å². The quantitative estimate of drug-likeness (QED) is 0.147. The van der Waals surface area contributed by atoms with Crippen molar-refractivity contribution >= 4 is 43.6 Å². The van der Waals surface area contributed by atoms with Crippen molar-refractivity contribution in [2.24, 2.45) is 0 Å². The van der Waals surface area contributed by atoms with Crippen LogP contribution >= 0.6 is 0 Å². The van der Waals surface area contributed by atoms with Gasteiger partial charge in [0, 0.05) is 44.0 Å². The highest BCUT2D eigenvalue weighted by Crippen LogP contribution is 2.39. The predicted octanol–water partition coefficient (Wildman–Crippen LogP) is 17.2. The lowest BCUT2D eigenvalue weighted by Gasteiger charge is -2.12. The maximum absolute atomic E-state index is 5.10. The van der Waals surface area contributed by atoms with Crippen LogP contribution in [0.4, 0.5) is 0 Å². The van der Waals surface area contributed by atoms with Crippen LogP contribution < -0.4 is 0 Å². The molecule has 3 nitrogen and oxygen atoms in total. The third-order valence-electron chi connectivity index (χ3n) is 12.7. The van der Waals surface area contributed by atoms with Crippen molar-refractivity contribution in [1.82, 2.24) is 14.1 Å². The molecule has 0 spiro atoms. The SMILES string of the molecule is C/C=C\C.c1ccc(-c2ccc(-n3c4ccccc4c4ccc(-c5ccc6c(c5)c5ccccc5n6-c5ccc(-c6cc(-c7ccccc7)nc(-c7ccccc7)c6)cc5)cc43)cc2)cc1. The molecule has 0 aliphatic heterocycles. The smallest absolute Gasteiger partial charge is 0.0715 e. The molecule has 0 saturated carbocycles. The molecule has 3 aromatic heterocycles. The topological polar surface area (TPSA) is 22.8 Å². The van der Waals surface area contributed by atoms with Crippen molar-refractivity contribution in [3.8, 4) is 67.3 Å². The lowest BCUT2D eigenvalue weighted by Crippen LogP contribution is -1.95. The Morgan fingerprint density at radius 1 is 0.273 bits per heavy atom. The van der Waals surface area contributed by atoms with Crippen LogP contribution in [0.5, 0.6) is 0 Å². The van der Waals surface area contributed by atoms with E-state index < -0.39 is 0 Å². The molecule has 3 heteroatoms. The van der Waals surface area contributed by atoms with E-state index in [1.807, 2.05) is 38.1 Å². The fourth-order valence-electron chi connectivity index (χ4n) is 9.31. The van der Waals surface area contributed by atoms with Gasteiger partial charge in [0.05, 0.1) is 33.5 Å². The third-order valence-corrected chi connectivity index (χ3v) is 12.7. The summed E-state index contributed by atoms with van der Waals surface area (Å²) in [5.41, 5.74) is 18.2. The molecule has 66 heavy (non-hydrogen) atoms. The Kier molecular flexibility index (Phi) is 10.7. The summed E-state index contributed by atoms with van der Waals surface area (Å²) in [6.45, 7) is 4.00. The van der Waals surface area contributed by atoms with Gasteiger partial charge in [-0.3, -0.25) is 0 Å². The molecule has 9 aromatic carbocycles. The molecule has 0 radical (unpaired) electrons. The Morgan fingerprint density at radius 3 is 1.20 bits per heavy atom. The number of rotatable bonds is 7. The molecule has 0 aliphatic rings. The number of aromatic nitrogens is 3. The standard InChI is InChI=1S/C59H39N3.C4H8/c1-4-14-40(15-5-1)41-24-30-49(31-25-41)62-56-22-12-10-20-50(56)52-34-28-46(39-59(52)62)45-29-35-58-53(36-45)51-21-11-13-23-57(51)61(58)48-32-26-42(27-33-48)47-37-54(43-16-6-2-7-17-43)60-55(38-47)44-18-8-3-9-19-44;1-3-4-2/h1-39H;3-4H,1-2H3/b;4-3-. The Morgan fingerprint density at radius 2 is 0.652 bits per heavy atom. The van der Waals surface area contributed by atoms with E-state index in [2.05, 4.69) is 234 Å². The second kappa shape index (κ2) is 17.6. The van der Waals surface area contributed by atoms with Gasteiger partial charge in [-0.25, -0.2) is 4.98 Å². The Hall–Kier alpha value is -8.53. The maximum Gasteiger partial charge on any atom is 0.0715 e. The predicted molar refractivity (Wildman–Crippen MR) is 281 cm³/mol. The zero-order valence-electron chi connectivity index (χ0n) is 37.0. The zero-order chi connectivity index (χ0) is 44.4. The first-order valence-corrected chi connectivity index (χ1v) is 22.7. The molecule has 314 valence electrons. The minimum Gasteiger partial charge on any atom is -0.309 e. The van der Waals surface area contributed by atoms with Crippen LogP contribution in [-0.2, 0) is 0 Å². The van der Waals surface area contributed by atoms with E-state index in [1.165, 1.54) is 65.9 Å². The first-order chi connectivity index (χ1) is 32.6. The van der Waals surface area contributed by atoms with Gasteiger partial charge in [0.2, 0.25) is 0 Å². The Bertz CT molecular complexity index is 3610. The van der Waals surface area contributed by atoms with Crippen molar-refractivity contribution in [3.05, 3.63) is 249 Å². The number of pyridine rings is 1. The molecule has 0 aliphatic carbocycles. The number of para-hydroxylation sites is 2. The van der Waals surface area contributed by atoms with E-state index >= 15 is 0 Å². The molecule has 0 saturated heterocycles. The summed E-state index contributed by atoms with van der Waals surface area (Å²) in [5.74, 6) is 0. The van der Waals surface area contributed by atoms with Gasteiger partial charge in [-0.2, -0.15) is 0 Å². The highest BCUT2D eigenvalue weighted by atomic mass is 15.0. The Balaban J connectivity index is 0.00000116. The highest BCUT2D eigenvalue weighted by molar-refractivity contribution is 6.12. The first-order valence-electron chi connectivity index (χ1n) is 22.7. The fourth-order valence-corrected chi connectivity index (χ4v) is 9.31. The van der Waals surface area contributed by atoms with Crippen LogP contribution in [0.1, 0.15) is 13.8 Å². The van der Waals surface area contributed by atoms with E-state index in [0.717, 1.165) is 45.0 Å². The summed E-state index contributed by atoms with van der Waals surface area (Å²) in [6, 6.07) is 85.2. The van der Waals surface area contributed by atoms with Crippen molar-refractivity contribution in [2.75, 3.05) is 0 Å². The van der Waals surface area contributed by atoms with Crippen LogP contribution in [-0.4, -0.2) is 14.1 Å². The molecular weight excluding hydrogens is 799 g/mol. The highest BCUT2D eigenvalue weighted by Gasteiger charge is 2.17. The number of fused-ring (bicyclic) bond motifs is 6. The first kappa shape index (κ1) is 40.3. The molecule has 12 rings (SSSR count). The molecule has 0 bridgehead atoms. The van der Waals surface area contributed by atoms with Gasteiger partial charge in [0.15, 0.2) is 0 Å². The van der Waals surface area contributed by atoms with Gasteiger partial charge in [-0.15, -0.1) is 0 Å².